The summed E-state index contributed by atoms with van der Waals surface area (Å²) in [5.74, 6) is 1.81. The average molecular weight is 279 g/mol. The second-order valence-electron chi connectivity index (χ2n) is 4.92. The summed E-state index contributed by atoms with van der Waals surface area (Å²) in [7, 11) is 1.59. The Balaban J connectivity index is 2.86. The lowest BCUT2D eigenvalue weighted by atomic mass is 10.0. The third-order valence-electron chi connectivity index (χ3n) is 3.05. The molecule has 20 heavy (non-hydrogen) atoms. The van der Waals surface area contributed by atoms with Gasteiger partial charge < -0.3 is 15.2 Å². The van der Waals surface area contributed by atoms with E-state index in [4.69, 9.17) is 4.74 Å². The zero-order valence-corrected chi connectivity index (χ0v) is 12.6. The summed E-state index contributed by atoms with van der Waals surface area (Å²) in [5, 5.41) is 13.0. The van der Waals surface area contributed by atoms with Crippen LogP contribution in [0.5, 0.6) is 5.75 Å². The fourth-order valence-corrected chi connectivity index (χ4v) is 2.04. The normalized spacial score (nSPS) is 13.6. The number of hydrogen-bond acceptors (Lipinski definition) is 5. The second-order valence-corrected chi connectivity index (χ2v) is 4.92. The molecule has 1 heterocycles. The highest BCUT2D eigenvalue weighted by Gasteiger charge is 2.15. The monoisotopic (exact) mass is 279 g/mol. The molecule has 0 saturated heterocycles. The highest BCUT2D eigenvalue weighted by Crippen LogP contribution is 2.23. The van der Waals surface area contributed by atoms with Crippen LogP contribution in [0.25, 0.3) is 6.08 Å². The van der Waals surface area contributed by atoms with Crippen LogP contribution >= 0.6 is 0 Å². The number of aliphatic hydroxyl groups is 1. The van der Waals surface area contributed by atoms with Gasteiger partial charge in [-0.25, -0.2) is 9.97 Å². The molecule has 5 nitrogen and oxygen atoms in total. The van der Waals surface area contributed by atoms with Crippen molar-refractivity contribution in [2.75, 3.05) is 12.4 Å². The first-order valence-electron chi connectivity index (χ1n) is 7.08. The number of nitrogens with zero attached hydrogens (tertiary/aromatic N) is 2. The highest BCUT2D eigenvalue weighted by atomic mass is 16.5. The molecular weight excluding hydrogens is 254 g/mol. The van der Waals surface area contributed by atoms with Gasteiger partial charge in [-0.1, -0.05) is 26.3 Å². The Hall–Kier alpha value is -1.62. The van der Waals surface area contributed by atoms with Gasteiger partial charge >= 0.3 is 0 Å². The van der Waals surface area contributed by atoms with Crippen molar-refractivity contribution in [2.45, 2.75) is 51.7 Å². The van der Waals surface area contributed by atoms with Crippen LogP contribution in [0.2, 0.25) is 0 Å². The van der Waals surface area contributed by atoms with Crippen molar-refractivity contribution >= 4 is 11.9 Å². The molecule has 0 bridgehead atoms. The Bertz CT molecular complexity index is 422. The molecule has 0 aromatic carbocycles. The quantitative estimate of drug-likeness (QED) is 0.727. The molecule has 0 aliphatic heterocycles. The number of aromatic nitrogens is 2. The first-order chi connectivity index (χ1) is 9.60. The SMILES string of the molecule is C=Cc1ncc(OC)c(N[C@@H](CCCC)C[C@@H](C)O)n1. The minimum absolute atomic E-state index is 0.163. The van der Waals surface area contributed by atoms with Crippen LogP contribution in [0.4, 0.5) is 5.82 Å². The lowest BCUT2D eigenvalue weighted by Crippen LogP contribution is -2.25. The Morgan fingerprint density at radius 3 is 2.85 bits per heavy atom. The lowest BCUT2D eigenvalue weighted by Gasteiger charge is -2.21. The maximum Gasteiger partial charge on any atom is 0.179 e. The zero-order chi connectivity index (χ0) is 15.0. The molecule has 0 fully saturated rings. The van der Waals surface area contributed by atoms with Crippen molar-refractivity contribution in [1.82, 2.24) is 9.97 Å². The van der Waals surface area contributed by atoms with Gasteiger partial charge in [-0.3, -0.25) is 0 Å². The summed E-state index contributed by atoms with van der Waals surface area (Å²) in [6.45, 7) is 7.62. The molecule has 1 aromatic rings. The van der Waals surface area contributed by atoms with Gasteiger partial charge in [-0.05, 0) is 25.8 Å². The van der Waals surface area contributed by atoms with Gasteiger partial charge in [0.25, 0.3) is 0 Å². The van der Waals surface area contributed by atoms with Gasteiger partial charge in [0.15, 0.2) is 17.4 Å². The molecule has 0 amide bonds. The molecule has 0 unspecified atom stereocenters. The van der Waals surface area contributed by atoms with Gasteiger partial charge in [0.1, 0.15) is 0 Å². The molecule has 112 valence electrons. The van der Waals surface area contributed by atoms with E-state index in [-0.39, 0.29) is 12.1 Å². The molecule has 1 aromatic heterocycles. The van der Waals surface area contributed by atoms with Crippen LogP contribution in [0.15, 0.2) is 12.8 Å². The molecular formula is C15H25N3O2. The number of rotatable bonds is 9. The fraction of sp³-hybridized carbons (Fsp3) is 0.600. The summed E-state index contributed by atoms with van der Waals surface area (Å²) in [6, 6.07) is 0.163. The molecule has 5 heteroatoms. The van der Waals surface area contributed by atoms with Crippen molar-refractivity contribution in [2.24, 2.45) is 0 Å². The number of anilines is 1. The van der Waals surface area contributed by atoms with Crippen molar-refractivity contribution in [3.05, 3.63) is 18.6 Å². The summed E-state index contributed by atoms with van der Waals surface area (Å²) in [5.41, 5.74) is 0. The van der Waals surface area contributed by atoms with E-state index in [9.17, 15) is 5.11 Å². The second kappa shape index (κ2) is 8.53. The molecule has 1 rings (SSSR count). The average Bonchev–Trinajstić information content (AvgIpc) is 2.44. The molecule has 2 atom stereocenters. The number of aliphatic hydroxyl groups excluding tert-OH is 1. The maximum absolute atomic E-state index is 9.61. The van der Waals surface area contributed by atoms with E-state index in [1.807, 2.05) is 0 Å². The highest BCUT2D eigenvalue weighted by molar-refractivity contribution is 5.52. The van der Waals surface area contributed by atoms with Crippen LogP contribution in [-0.2, 0) is 0 Å². The summed E-state index contributed by atoms with van der Waals surface area (Å²) >= 11 is 0. The van der Waals surface area contributed by atoms with Crippen LogP contribution in [-0.4, -0.2) is 34.3 Å². The topological polar surface area (TPSA) is 67.3 Å². The van der Waals surface area contributed by atoms with Crippen LogP contribution < -0.4 is 10.1 Å². The maximum atomic E-state index is 9.61. The Morgan fingerprint density at radius 1 is 1.55 bits per heavy atom. The first kappa shape index (κ1) is 16.4. The van der Waals surface area contributed by atoms with Gasteiger partial charge in [-0.15, -0.1) is 0 Å². The van der Waals surface area contributed by atoms with Crippen LogP contribution in [0.3, 0.4) is 0 Å². The van der Waals surface area contributed by atoms with Crippen LogP contribution in [0, 0.1) is 0 Å². The number of unbranched alkanes of at least 4 members (excludes halogenated alkanes) is 1. The van der Waals surface area contributed by atoms with Gasteiger partial charge in [0, 0.05) is 6.04 Å². The van der Waals surface area contributed by atoms with E-state index < -0.39 is 0 Å². The van der Waals surface area contributed by atoms with Gasteiger partial charge in [0.05, 0.1) is 19.4 Å². The Labute approximate surface area is 121 Å². The third-order valence-corrected chi connectivity index (χ3v) is 3.05. The number of methoxy groups -OCH3 is 1. The smallest absolute Gasteiger partial charge is 0.179 e. The van der Waals surface area contributed by atoms with E-state index >= 15 is 0 Å². The van der Waals surface area contributed by atoms with E-state index in [1.54, 1.807) is 26.3 Å². The van der Waals surface area contributed by atoms with Crippen LogP contribution in [0.1, 0.15) is 45.4 Å². The predicted molar refractivity (Wildman–Crippen MR) is 81.9 cm³/mol. The molecule has 0 spiro atoms. The summed E-state index contributed by atoms with van der Waals surface area (Å²) in [6.07, 6.45) is 6.76. The van der Waals surface area contributed by atoms with Crippen molar-refractivity contribution in [3.8, 4) is 5.75 Å². The number of hydrogen-bond donors (Lipinski definition) is 2. The van der Waals surface area contributed by atoms with E-state index in [0.717, 1.165) is 19.3 Å². The molecule has 2 N–H and O–H groups in total. The minimum Gasteiger partial charge on any atom is -0.491 e. The number of ether oxygens (including phenoxy) is 1. The fourth-order valence-electron chi connectivity index (χ4n) is 2.04. The standard InChI is InChI=1S/C15H25N3O2/c1-5-7-8-12(9-11(3)19)17-15-13(20-4)10-16-14(6-2)18-15/h6,10-12,19H,2,5,7-9H2,1,3-4H3,(H,16,17,18)/t11-,12+/m1/s1. The summed E-state index contributed by atoms with van der Waals surface area (Å²) < 4.78 is 5.27. The van der Waals surface area contributed by atoms with E-state index in [2.05, 4.69) is 28.8 Å². The van der Waals surface area contributed by atoms with Crippen molar-refractivity contribution < 1.29 is 9.84 Å². The first-order valence-corrected chi connectivity index (χ1v) is 7.08. The third kappa shape index (κ3) is 5.17. The number of nitrogens with one attached hydrogen (secondary N) is 1. The van der Waals surface area contributed by atoms with Gasteiger partial charge in [0.2, 0.25) is 0 Å². The Kier molecular flexibility index (Phi) is 7.01. The predicted octanol–water partition coefficient (Wildman–Crippen LogP) is 2.87. The van der Waals surface area contributed by atoms with Gasteiger partial charge in [-0.2, -0.15) is 0 Å². The molecule has 0 radical (unpaired) electrons. The Morgan fingerprint density at radius 2 is 2.30 bits per heavy atom. The van der Waals surface area contributed by atoms with Crippen molar-refractivity contribution in [3.63, 3.8) is 0 Å². The molecule has 0 aliphatic rings. The van der Waals surface area contributed by atoms with E-state index in [1.165, 1.54) is 0 Å². The lowest BCUT2D eigenvalue weighted by molar-refractivity contribution is 0.175. The minimum atomic E-state index is -0.351. The molecule has 0 saturated carbocycles. The van der Waals surface area contributed by atoms with Crippen molar-refractivity contribution in [1.29, 1.82) is 0 Å². The molecule has 0 aliphatic carbocycles. The van der Waals surface area contributed by atoms with E-state index in [0.29, 0.717) is 23.8 Å². The zero-order valence-electron chi connectivity index (χ0n) is 12.6. The largest absolute Gasteiger partial charge is 0.491 e. The summed E-state index contributed by atoms with van der Waals surface area (Å²) in [4.78, 5) is 8.49.